The van der Waals surface area contributed by atoms with E-state index in [-0.39, 0.29) is 17.9 Å². The third kappa shape index (κ3) is 2.52. The van der Waals surface area contributed by atoms with E-state index in [9.17, 15) is 4.79 Å². The molecule has 1 aromatic rings. The molecule has 1 amide bonds. The fourth-order valence-electron chi connectivity index (χ4n) is 3.23. The Labute approximate surface area is 120 Å². The van der Waals surface area contributed by atoms with Crippen LogP contribution in [0.25, 0.3) is 0 Å². The topological polar surface area (TPSA) is 41.6 Å². The first-order chi connectivity index (χ1) is 9.79. The number of para-hydroxylation sites is 1. The predicted molar refractivity (Wildman–Crippen MR) is 78.9 cm³/mol. The lowest BCUT2D eigenvalue weighted by atomic mass is 9.98. The highest BCUT2D eigenvalue weighted by molar-refractivity contribution is 5.88. The maximum atomic E-state index is 12.7. The van der Waals surface area contributed by atoms with Gasteiger partial charge in [-0.1, -0.05) is 18.2 Å². The first-order valence-corrected chi connectivity index (χ1v) is 7.52. The van der Waals surface area contributed by atoms with Gasteiger partial charge in [0.15, 0.2) is 0 Å². The molecule has 2 aliphatic rings. The summed E-state index contributed by atoms with van der Waals surface area (Å²) >= 11 is 0. The SMILES string of the molecule is CCOC1CCCN(C(=O)C2CNc3ccccc32)C1. The van der Waals surface area contributed by atoms with Crippen molar-refractivity contribution >= 4 is 11.6 Å². The molecule has 1 N–H and O–H groups in total. The summed E-state index contributed by atoms with van der Waals surface area (Å²) in [6.45, 7) is 5.05. The number of nitrogens with one attached hydrogen (secondary N) is 1. The van der Waals surface area contributed by atoms with Gasteiger partial charge in [0, 0.05) is 31.9 Å². The Balaban J connectivity index is 1.70. The number of fused-ring (bicyclic) bond motifs is 1. The number of hydrogen-bond donors (Lipinski definition) is 1. The van der Waals surface area contributed by atoms with Crippen molar-refractivity contribution in [2.24, 2.45) is 0 Å². The number of likely N-dealkylation sites (tertiary alicyclic amines) is 1. The highest BCUT2D eigenvalue weighted by atomic mass is 16.5. The lowest BCUT2D eigenvalue weighted by molar-refractivity contribution is -0.136. The van der Waals surface area contributed by atoms with Crippen LogP contribution in [0.5, 0.6) is 0 Å². The quantitative estimate of drug-likeness (QED) is 0.919. The monoisotopic (exact) mass is 274 g/mol. The second kappa shape index (κ2) is 5.83. The molecule has 1 aromatic carbocycles. The molecule has 0 radical (unpaired) electrons. The maximum Gasteiger partial charge on any atom is 0.232 e. The van der Waals surface area contributed by atoms with Crippen LogP contribution in [0.4, 0.5) is 5.69 Å². The lowest BCUT2D eigenvalue weighted by Crippen LogP contribution is -2.45. The molecule has 20 heavy (non-hydrogen) atoms. The number of rotatable bonds is 3. The van der Waals surface area contributed by atoms with Gasteiger partial charge in [-0.25, -0.2) is 0 Å². The summed E-state index contributed by atoms with van der Waals surface area (Å²) in [6, 6.07) is 8.11. The normalized spacial score (nSPS) is 25.1. The zero-order valence-electron chi connectivity index (χ0n) is 12.0. The van der Waals surface area contributed by atoms with Gasteiger partial charge in [0.1, 0.15) is 0 Å². The zero-order valence-corrected chi connectivity index (χ0v) is 12.0. The van der Waals surface area contributed by atoms with Crippen molar-refractivity contribution in [1.29, 1.82) is 0 Å². The van der Waals surface area contributed by atoms with Crippen molar-refractivity contribution in [3.8, 4) is 0 Å². The van der Waals surface area contributed by atoms with Crippen molar-refractivity contribution in [3.05, 3.63) is 29.8 Å². The summed E-state index contributed by atoms with van der Waals surface area (Å²) in [5.74, 6) is 0.207. The van der Waals surface area contributed by atoms with E-state index in [2.05, 4.69) is 11.4 Å². The van der Waals surface area contributed by atoms with Crippen molar-refractivity contribution in [3.63, 3.8) is 0 Å². The van der Waals surface area contributed by atoms with Crippen LogP contribution in [0.2, 0.25) is 0 Å². The van der Waals surface area contributed by atoms with E-state index in [4.69, 9.17) is 4.74 Å². The van der Waals surface area contributed by atoms with Gasteiger partial charge in [0.05, 0.1) is 12.0 Å². The molecule has 2 unspecified atom stereocenters. The Kier molecular flexibility index (Phi) is 3.92. The van der Waals surface area contributed by atoms with Gasteiger partial charge >= 0.3 is 0 Å². The Morgan fingerprint density at radius 1 is 1.45 bits per heavy atom. The predicted octanol–water partition coefficient (Wildman–Crippen LogP) is 2.22. The van der Waals surface area contributed by atoms with Crippen LogP contribution in [-0.2, 0) is 9.53 Å². The van der Waals surface area contributed by atoms with E-state index in [1.807, 2.05) is 30.0 Å². The summed E-state index contributed by atoms with van der Waals surface area (Å²) in [7, 11) is 0. The van der Waals surface area contributed by atoms with Gasteiger partial charge < -0.3 is 15.0 Å². The van der Waals surface area contributed by atoms with Crippen molar-refractivity contribution in [2.75, 3.05) is 31.6 Å². The number of amides is 1. The molecular formula is C16H22N2O2. The number of anilines is 1. The highest BCUT2D eigenvalue weighted by Gasteiger charge is 2.33. The Morgan fingerprint density at radius 3 is 3.15 bits per heavy atom. The Bertz CT molecular complexity index is 487. The van der Waals surface area contributed by atoms with Crippen LogP contribution in [0.15, 0.2) is 24.3 Å². The molecular weight excluding hydrogens is 252 g/mol. The summed E-state index contributed by atoms with van der Waals surface area (Å²) in [6.07, 6.45) is 2.32. The number of nitrogens with zero attached hydrogens (tertiary/aromatic N) is 1. The minimum absolute atomic E-state index is 0.0356. The van der Waals surface area contributed by atoms with Crippen LogP contribution in [-0.4, -0.2) is 43.2 Å². The summed E-state index contributed by atoms with van der Waals surface area (Å²) in [5, 5.41) is 3.33. The number of hydrogen-bond acceptors (Lipinski definition) is 3. The average molecular weight is 274 g/mol. The number of piperidine rings is 1. The van der Waals surface area contributed by atoms with Crippen LogP contribution < -0.4 is 5.32 Å². The fourth-order valence-corrected chi connectivity index (χ4v) is 3.23. The first-order valence-electron chi connectivity index (χ1n) is 7.52. The smallest absolute Gasteiger partial charge is 0.232 e. The Morgan fingerprint density at radius 2 is 2.30 bits per heavy atom. The van der Waals surface area contributed by atoms with Crippen LogP contribution in [0.3, 0.4) is 0 Å². The lowest BCUT2D eigenvalue weighted by Gasteiger charge is -2.34. The summed E-state index contributed by atoms with van der Waals surface area (Å²) in [4.78, 5) is 14.7. The number of carbonyl (C=O) groups excluding carboxylic acids is 1. The zero-order chi connectivity index (χ0) is 13.9. The minimum Gasteiger partial charge on any atom is -0.384 e. The molecule has 0 spiro atoms. The average Bonchev–Trinajstić information content (AvgIpc) is 2.91. The molecule has 2 atom stereocenters. The van der Waals surface area contributed by atoms with E-state index >= 15 is 0 Å². The van der Waals surface area contributed by atoms with E-state index in [0.29, 0.717) is 6.54 Å². The van der Waals surface area contributed by atoms with Gasteiger partial charge in [0.25, 0.3) is 0 Å². The van der Waals surface area contributed by atoms with Gasteiger partial charge in [-0.2, -0.15) is 0 Å². The van der Waals surface area contributed by atoms with E-state index in [0.717, 1.165) is 43.8 Å². The molecule has 4 nitrogen and oxygen atoms in total. The number of ether oxygens (including phenoxy) is 1. The number of benzene rings is 1. The van der Waals surface area contributed by atoms with Crippen molar-refractivity contribution in [1.82, 2.24) is 4.90 Å². The van der Waals surface area contributed by atoms with Crippen LogP contribution in [0, 0.1) is 0 Å². The second-order valence-electron chi connectivity index (χ2n) is 5.52. The van der Waals surface area contributed by atoms with Crippen molar-refractivity contribution < 1.29 is 9.53 Å². The molecule has 3 rings (SSSR count). The summed E-state index contributed by atoms with van der Waals surface area (Å²) < 4.78 is 5.69. The molecule has 2 aliphatic heterocycles. The van der Waals surface area contributed by atoms with E-state index in [1.165, 1.54) is 0 Å². The third-order valence-electron chi connectivity index (χ3n) is 4.22. The van der Waals surface area contributed by atoms with Gasteiger partial charge in [-0.15, -0.1) is 0 Å². The van der Waals surface area contributed by atoms with Gasteiger partial charge in [0.2, 0.25) is 5.91 Å². The fraction of sp³-hybridized carbons (Fsp3) is 0.562. The van der Waals surface area contributed by atoms with Gasteiger partial charge in [-0.3, -0.25) is 4.79 Å². The van der Waals surface area contributed by atoms with E-state index < -0.39 is 0 Å². The third-order valence-corrected chi connectivity index (χ3v) is 4.22. The summed E-state index contributed by atoms with van der Waals surface area (Å²) in [5.41, 5.74) is 2.24. The van der Waals surface area contributed by atoms with Crippen LogP contribution >= 0.6 is 0 Å². The Hall–Kier alpha value is -1.55. The standard InChI is InChI=1S/C16H22N2O2/c1-2-20-12-6-5-9-18(11-12)16(19)14-10-17-15-8-4-3-7-13(14)15/h3-4,7-8,12,14,17H,2,5-6,9-11H2,1H3. The molecule has 0 bridgehead atoms. The maximum absolute atomic E-state index is 12.7. The molecule has 2 heterocycles. The van der Waals surface area contributed by atoms with Gasteiger partial charge in [-0.05, 0) is 31.4 Å². The molecule has 108 valence electrons. The second-order valence-corrected chi connectivity index (χ2v) is 5.52. The molecule has 0 aromatic heterocycles. The molecule has 1 saturated heterocycles. The number of carbonyl (C=O) groups is 1. The van der Waals surface area contributed by atoms with Crippen LogP contribution in [0.1, 0.15) is 31.2 Å². The first kappa shape index (κ1) is 13.4. The molecule has 0 saturated carbocycles. The largest absolute Gasteiger partial charge is 0.384 e. The molecule has 1 fully saturated rings. The van der Waals surface area contributed by atoms with E-state index in [1.54, 1.807) is 0 Å². The molecule has 4 heteroatoms. The van der Waals surface area contributed by atoms with Crippen molar-refractivity contribution in [2.45, 2.75) is 31.8 Å². The molecule has 0 aliphatic carbocycles. The highest BCUT2D eigenvalue weighted by Crippen LogP contribution is 2.33. The minimum atomic E-state index is -0.0356.